The summed E-state index contributed by atoms with van der Waals surface area (Å²) in [7, 11) is 1.41. The minimum Gasteiger partial charge on any atom is -0.496 e. The van der Waals surface area contributed by atoms with Crippen LogP contribution in [0.1, 0.15) is 31.8 Å². The lowest BCUT2D eigenvalue weighted by Crippen LogP contribution is -2.13. The highest BCUT2D eigenvalue weighted by Crippen LogP contribution is 2.28. The summed E-state index contributed by atoms with van der Waals surface area (Å²) in [6.07, 6.45) is 0. The molecule has 5 heteroatoms. The van der Waals surface area contributed by atoms with Gasteiger partial charge >= 0.3 is 11.9 Å². The van der Waals surface area contributed by atoms with Gasteiger partial charge in [-0.15, -0.1) is 0 Å². The summed E-state index contributed by atoms with van der Waals surface area (Å²) >= 11 is 0. The Labute approximate surface area is 92.3 Å². The molecule has 1 aromatic carbocycles. The van der Waals surface area contributed by atoms with Gasteiger partial charge in [-0.3, -0.25) is 0 Å². The minimum absolute atomic E-state index is 0.189. The highest BCUT2D eigenvalue weighted by atomic mass is 16.5. The van der Waals surface area contributed by atoms with Crippen LogP contribution in [0.2, 0.25) is 0 Å². The van der Waals surface area contributed by atoms with Gasteiger partial charge in [0.1, 0.15) is 5.75 Å². The highest BCUT2D eigenvalue weighted by Gasteiger charge is 2.23. The number of ether oxygens (including phenoxy) is 1. The SMILES string of the molecule is COc1cc(C)c(C(=O)O)c(C(=O)O)c1C. The molecule has 0 amide bonds. The van der Waals surface area contributed by atoms with Gasteiger partial charge in [0.05, 0.1) is 18.2 Å². The molecule has 0 saturated carbocycles. The van der Waals surface area contributed by atoms with Crippen LogP contribution in [0.15, 0.2) is 6.07 Å². The number of methoxy groups -OCH3 is 1. The van der Waals surface area contributed by atoms with Crippen molar-refractivity contribution >= 4 is 11.9 Å². The Morgan fingerprint density at radius 1 is 1.12 bits per heavy atom. The van der Waals surface area contributed by atoms with Gasteiger partial charge in [0.2, 0.25) is 0 Å². The molecule has 0 unspecified atom stereocenters. The van der Waals surface area contributed by atoms with Crippen LogP contribution < -0.4 is 4.74 Å². The first-order valence-corrected chi connectivity index (χ1v) is 4.55. The van der Waals surface area contributed by atoms with Crippen LogP contribution in [-0.4, -0.2) is 29.3 Å². The summed E-state index contributed by atoms with van der Waals surface area (Å²) in [6, 6.07) is 1.52. The Morgan fingerprint density at radius 3 is 2.00 bits per heavy atom. The van der Waals surface area contributed by atoms with E-state index in [1.807, 2.05) is 0 Å². The summed E-state index contributed by atoms with van der Waals surface area (Å²) in [5, 5.41) is 18.0. The maximum atomic E-state index is 11.0. The zero-order valence-electron chi connectivity index (χ0n) is 9.20. The third kappa shape index (κ3) is 1.84. The van der Waals surface area contributed by atoms with Crippen molar-refractivity contribution in [2.24, 2.45) is 0 Å². The predicted molar refractivity (Wildman–Crippen MR) is 56.4 cm³/mol. The number of hydrogen-bond donors (Lipinski definition) is 2. The molecule has 0 bridgehead atoms. The number of carboxylic acids is 2. The third-order valence-corrected chi connectivity index (χ3v) is 2.38. The normalized spacial score (nSPS) is 9.94. The maximum absolute atomic E-state index is 11.0. The Balaban J connectivity index is 3.68. The quantitative estimate of drug-likeness (QED) is 0.816. The minimum atomic E-state index is -1.27. The summed E-state index contributed by atoms with van der Waals surface area (Å²) in [6.45, 7) is 3.06. The number of carbonyl (C=O) groups is 2. The molecule has 0 aliphatic carbocycles. The molecule has 0 aliphatic heterocycles. The first kappa shape index (κ1) is 12.0. The first-order chi connectivity index (χ1) is 7.40. The molecular formula is C11H12O5. The van der Waals surface area contributed by atoms with Crippen molar-refractivity contribution in [3.63, 3.8) is 0 Å². The van der Waals surface area contributed by atoms with E-state index in [4.69, 9.17) is 14.9 Å². The van der Waals surface area contributed by atoms with Gasteiger partial charge in [-0.05, 0) is 25.5 Å². The predicted octanol–water partition coefficient (Wildman–Crippen LogP) is 1.71. The number of aryl methyl sites for hydroxylation is 1. The van der Waals surface area contributed by atoms with Crippen LogP contribution in [0.3, 0.4) is 0 Å². The molecule has 0 aliphatic rings. The van der Waals surface area contributed by atoms with Crippen molar-refractivity contribution in [2.75, 3.05) is 7.11 Å². The van der Waals surface area contributed by atoms with E-state index < -0.39 is 11.9 Å². The Morgan fingerprint density at radius 2 is 1.62 bits per heavy atom. The smallest absolute Gasteiger partial charge is 0.336 e. The van der Waals surface area contributed by atoms with E-state index >= 15 is 0 Å². The van der Waals surface area contributed by atoms with E-state index in [0.717, 1.165) is 0 Å². The molecule has 16 heavy (non-hydrogen) atoms. The fraction of sp³-hybridized carbons (Fsp3) is 0.273. The van der Waals surface area contributed by atoms with Gasteiger partial charge in [0.15, 0.2) is 0 Å². The van der Waals surface area contributed by atoms with E-state index in [9.17, 15) is 9.59 Å². The summed E-state index contributed by atoms with van der Waals surface area (Å²) in [4.78, 5) is 22.0. The largest absolute Gasteiger partial charge is 0.496 e. The molecule has 0 spiro atoms. The number of carboxylic acid groups (broad SMARTS) is 2. The lowest BCUT2D eigenvalue weighted by Gasteiger charge is -2.12. The zero-order chi connectivity index (χ0) is 12.5. The van der Waals surface area contributed by atoms with E-state index in [1.165, 1.54) is 27.0 Å². The molecule has 0 aromatic heterocycles. The molecule has 86 valence electrons. The second-order valence-corrected chi connectivity index (χ2v) is 3.38. The zero-order valence-corrected chi connectivity index (χ0v) is 9.20. The number of rotatable bonds is 3. The van der Waals surface area contributed by atoms with Crippen LogP contribution in [0.5, 0.6) is 5.75 Å². The molecule has 0 radical (unpaired) electrons. The summed E-state index contributed by atoms with van der Waals surface area (Å²) in [5.41, 5.74) is 0.278. The standard InChI is InChI=1S/C11H12O5/c1-5-4-7(16-3)6(2)9(11(14)15)8(5)10(12)13/h4H,1-3H3,(H,12,13)(H,14,15). The topological polar surface area (TPSA) is 83.8 Å². The Bertz CT molecular complexity index is 462. The van der Waals surface area contributed by atoms with Gasteiger partial charge in [-0.25, -0.2) is 9.59 Å². The third-order valence-electron chi connectivity index (χ3n) is 2.38. The summed E-state index contributed by atoms with van der Waals surface area (Å²) < 4.78 is 5.00. The van der Waals surface area contributed by atoms with Crippen LogP contribution in [-0.2, 0) is 0 Å². The average Bonchev–Trinajstić information content (AvgIpc) is 2.19. The Hall–Kier alpha value is -2.04. The summed E-state index contributed by atoms with van der Waals surface area (Å²) in [5.74, 6) is -2.14. The first-order valence-electron chi connectivity index (χ1n) is 4.55. The van der Waals surface area contributed by atoms with E-state index in [1.54, 1.807) is 0 Å². The lowest BCUT2D eigenvalue weighted by molar-refractivity contribution is 0.0649. The highest BCUT2D eigenvalue weighted by molar-refractivity contribution is 6.04. The molecule has 0 atom stereocenters. The van der Waals surface area contributed by atoms with Crippen molar-refractivity contribution in [1.82, 2.24) is 0 Å². The monoisotopic (exact) mass is 224 g/mol. The molecule has 0 fully saturated rings. The van der Waals surface area contributed by atoms with Gasteiger partial charge in [0, 0.05) is 5.56 Å². The van der Waals surface area contributed by atoms with E-state index in [-0.39, 0.29) is 11.1 Å². The second-order valence-electron chi connectivity index (χ2n) is 3.38. The number of hydrogen-bond acceptors (Lipinski definition) is 3. The lowest BCUT2D eigenvalue weighted by atomic mass is 9.96. The van der Waals surface area contributed by atoms with E-state index in [0.29, 0.717) is 16.9 Å². The molecule has 1 aromatic rings. The van der Waals surface area contributed by atoms with Crippen molar-refractivity contribution in [2.45, 2.75) is 13.8 Å². The fourth-order valence-corrected chi connectivity index (χ4v) is 1.64. The van der Waals surface area contributed by atoms with Gasteiger partial charge in [0.25, 0.3) is 0 Å². The van der Waals surface area contributed by atoms with Crippen LogP contribution in [0, 0.1) is 13.8 Å². The molecule has 0 heterocycles. The van der Waals surface area contributed by atoms with Crippen molar-refractivity contribution in [3.8, 4) is 5.75 Å². The molecule has 5 nitrogen and oxygen atoms in total. The molecule has 0 saturated heterocycles. The van der Waals surface area contributed by atoms with Crippen molar-refractivity contribution in [1.29, 1.82) is 0 Å². The number of aromatic carboxylic acids is 2. The fourth-order valence-electron chi connectivity index (χ4n) is 1.64. The van der Waals surface area contributed by atoms with Crippen LogP contribution in [0.25, 0.3) is 0 Å². The van der Waals surface area contributed by atoms with Gasteiger partial charge in [-0.2, -0.15) is 0 Å². The average molecular weight is 224 g/mol. The van der Waals surface area contributed by atoms with E-state index in [2.05, 4.69) is 0 Å². The van der Waals surface area contributed by atoms with Crippen molar-refractivity contribution < 1.29 is 24.5 Å². The number of benzene rings is 1. The van der Waals surface area contributed by atoms with Gasteiger partial charge in [-0.1, -0.05) is 0 Å². The van der Waals surface area contributed by atoms with Crippen molar-refractivity contribution in [3.05, 3.63) is 28.3 Å². The molecular weight excluding hydrogens is 212 g/mol. The second kappa shape index (κ2) is 4.22. The molecule has 2 N–H and O–H groups in total. The molecule has 1 rings (SSSR count). The van der Waals surface area contributed by atoms with Crippen LogP contribution in [0.4, 0.5) is 0 Å². The van der Waals surface area contributed by atoms with Crippen LogP contribution >= 0.6 is 0 Å². The Kier molecular flexibility index (Phi) is 3.17. The van der Waals surface area contributed by atoms with Gasteiger partial charge < -0.3 is 14.9 Å². The maximum Gasteiger partial charge on any atom is 0.336 e.